The van der Waals surface area contributed by atoms with Crippen molar-refractivity contribution in [3.63, 3.8) is 0 Å². The zero-order chi connectivity index (χ0) is 21.7. The molecular formula is C20H19F6LiO2P+. The normalized spacial score (nSPS) is 12.1. The second-order valence-corrected chi connectivity index (χ2v) is 7.54. The van der Waals surface area contributed by atoms with Crippen molar-refractivity contribution >= 4 is 19.4 Å². The zero-order valence-corrected chi connectivity index (χ0v) is 17.5. The summed E-state index contributed by atoms with van der Waals surface area (Å²) in [4.78, 5) is 12.5. The van der Waals surface area contributed by atoms with Gasteiger partial charge in [0.2, 0.25) is 0 Å². The van der Waals surface area contributed by atoms with E-state index in [2.05, 4.69) is 0 Å². The number of ether oxygens (including phenoxy) is 1. The molecule has 0 aliphatic rings. The predicted octanol–water partition coefficient (Wildman–Crippen LogP) is 3.44. The smallest absolute Gasteiger partial charge is 0.494 e. The second kappa shape index (κ2) is 11.2. The van der Waals surface area contributed by atoms with E-state index in [0.29, 0.717) is 35.9 Å². The van der Waals surface area contributed by atoms with E-state index in [1.807, 2.05) is 6.92 Å². The summed E-state index contributed by atoms with van der Waals surface area (Å²) in [6, 6.07) is 7.64. The Bertz CT molecular complexity index is 802. The van der Waals surface area contributed by atoms with Crippen LogP contribution in [-0.2, 0) is 12.4 Å². The van der Waals surface area contributed by atoms with Gasteiger partial charge in [0.15, 0.2) is 5.52 Å². The molecule has 2 rings (SSSR count). The standard InChI is InChI=1S/C20H19F6O2P.Li/c1-2-3-4-12-28-13-8-10-14(11-9-13)29-18(27)17-15(19(21,22)23)6-5-7-16(17)20(24,25)26;/h5-11,29H,2-4,12H2,1H3;/q;+1. The molecule has 1 atom stereocenters. The van der Waals surface area contributed by atoms with Crippen LogP contribution in [0.2, 0.25) is 0 Å². The summed E-state index contributed by atoms with van der Waals surface area (Å²) in [6.07, 6.45) is -7.24. The number of halogens is 6. The molecule has 0 aliphatic heterocycles. The Morgan fingerprint density at radius 3 is 1.90 bits per heavy atom. The zero-order valence-electron chi connectivity index (χ0n) is 16.5. The van der Waals surface area contributed by atoms with Gasteiger partial charge >= 0.3 is 31.2 Å². The minimum Gasteiger partial charge on any atom is -0.494 e. The van der Waals surface area contributed by atoms with Gasteiger partial charge in [-0.05, 0) is 44.6 Å². The van der Waals surface area contributed by atoms with Crippen LogP contribution in [0, 0.1) is 0 Å². The van der Waals surface area contributed by atoms with Crippen LogP contribution in [0.4, 0.5) is 26.3 Å². The summed E-state index contributed by atoms with van der Waals surface area (Å²) < 4.78 is 84.8. The van der Waals surface area contributed by atoms with Crippen molar-refractivity contribution < 1.29 is 54.7 Å². The van der Waals surface area contributed by atoms with Gasteiger partial charge in [-0.2, -0.15) is 26.3 Å². The summed E-state index contributed by atoms with van der Waals surface area (Å²) in [5.74, 6) is 0.522. The van der Waals surface area contributed by atoms with Gasteiger partial charge in [-0.1, -0.05) is 38.0 Å². The van der Waals surface area contributed by atoms with Crippen molar-refractivity contribution in [2.24, 2.45) is 0 Å². The third-order valence-electron chi connectivity index (χ3n) is 4.03. The molecule has 0 heterocycles. The van der Waals surface area contributed by atoms with Crippen LogP contribution in [0.3, 0.4) is 0 Å². The molecule has 0 saturated heterocycles. The number of carbonyl (C=O) groups is 1. The molecule has 0 spiro atoms. The van der Waals surface area contributed by atoms with Crippen molar-refractivity contribution in [2.75, 3.05) is 6.61 Å². The molecule has 10 heteroatoms. The number of alkyl halides is 6. The van der Waals surface area contributed by atoms with E-state index in [9.17, 15) is 31.1 Å². The van der Waals surface area contributed by atoms with Crippen molar-refractivity contribution in [2.45, 2.75) is 38.5 Å². The molecule has 2 aromatic rings. The molecule has 0 aliphatic carbocycles. The van der Waals surface area contributed by atoms with E-state index < -0.39 is 43.1 Å². The second-order valence-electron chi connectivity index (χ2n) is 6.26. The van der Waals surface area contributed by atoms with Crippen LogP contribution in [0.1, 0.15) is 47.7 Å². The number of rotatable bonds is 8. The van der Waals surface area contributed by atoms with Crippen molar-refractivity contribution in [1.82, 2.24) is 0 Å². The molecule has 0 aromatic heterocycles. The molecule has 0 fully saturated rings. The minimum atomic E-state index is -5.08. The fraction of sp³-hybridized carbons (Fsp3) is 0.350. The van der Waals surface area contributed by atoms with E-state index in [-0.39, 0.29) is 18.9 Å². The van der Waals surface area contributed by atoms with Crippen molar-refractivity contribution in [3.8, 4) is 5.75 Å². The van der Waals surface area contributed by atoms with Crippen LogP contribution in [0.25, 0.3) is 0 Å². The molecule has 0 bridgehead atoms. The first-order valence-corrected chi connectivity index (χ1v) is 9.85. The van der Waals surface area contributed by atoms with Gasteiger partial charge in [-0.25, -0.2) is 0 Å². The molecule has 2 aromatic carbocycles. The van der Waals surface area contributed by atoms with Crippen LogP contribution >= 0.6 is 8.58 Å². The maximum atomic E-state index is 13.2. The van der Waals surface area contributed by atoms with E-state index in [0.717, 1.165) is 19.3 Å². The van der Waals surface area contributed by atoms with E-state index in [1.165, 1.54) is 12.1 Å². The molecule has 0 saturated carbocycles. The Morgan fingerprint density at radius 2 is 1.43 bits per heavy atom. The number of hydrogen-bond donors (Lipinski definition) is 0. The number of carbonyl (C=O) groups excluding carboxylic acids is 1. The monoisotopic (exact) mass is 443 g/mol. The largest absolute Gasteiger partial charge is 1.00 e. The summed E-state index contributed by atoms with van der Waals surface area (Å²) in [5, 5.41) is 0.320. The number of benzene rings is 2. The van der Waals surface area contributed by atoms with E-state index in [4.69, 9.17) is 4.74 Å². The first kappa shape index (κ1) is 26.6. The van der Waals surface area contributed by atoms with Crippen molar-refractivity contribution in [3.05, 3.63) is 59.2 Å². The van der Waals surface area contributed by atoms with Gasteiger partial charge < -0.3 is 4.74 Å². The molecule has 0 radical (unpaired) electrons. The Balaban J connectivity index is 0.00000450. The van der Waals surface area contributed by atoms with Gasteiger partial charge in [-0.3, -0.25) is 4.79 Å². The van der Waals surface area contributed by atoms with E-state index >= 15 is 0 Å². The maximum Gasteiger partial charge on any atom is 1.00 e. The van der Waals surface area contributed by atoms with Crippen LogP contribution in [-0.4, -0.2) is 12.1 Å². The fourth-order valence-corrected chi connectivity index (χ4v) is 3.63. The first-order valence-electron chi connectivity index (χ1n) is 8.85. The van der Waals surface area contributed by atoms with Gasteiger partial charge in [-0.15, -0.1) is 0 Å². The molecule has 2 nitrogen and oxygen atoms in total. The topological polar surface area (TPSA) is 26.3 Å². The molecule has 1 unspecified atom stereocenters. The molecule has 0 amide bonds. The summed E-state index contributed by atoms with van der Waals surface area (Å²) >= 11 is 0. The Labute approximate surface area is 184 Å². The third kappa shape index (κ3) is 7.34. The molecule has 30 heavy (non-hydrogen) atoms. The van der Waals surface area contributed by atoms with Crippen LogP contribution in [0.5, 0.6) is 5.75 Å². The SMILES string of the molecule is CCCCCOc1ccc(PC(=O)c2c(C(F)(F)F)cccc2C(F)(F)F)cc1.[Li+]. The van der Waals surface area contributed by atoms with Gasteiger partial charge in [0, 0.05) is 5.56 Å². The van der Waals surface area contributed by atoms with Crippen LogP contribution in [0.15, 0.2) is 42.5 Å². The van der Waals surface area contributed by atoms with Gasteiger partial charge in [0.25, 0.3) is 0 Å². The fourth-order valence-electron chi connectivity index (χ4n) is 2.64. The van der Waals surface area contributed by atoms with E-state index in [1.54, 1.807) is 12.1 Å². The molecular weight excluding hydrogens is 424 g/mol. The van der Waals surface area contributed by atoms with Crippen molar-refractivity contribution in [1.29, 1.82) is 0 Å². The number of hydrogen-bond acceptors (Lipinski definition) is 2. The number of unbranched alkanes of at least 4 members (excludes halogenated alkanes) is 2. The summed E-state index contributed by atoms with van der Waals surface area (Å²) in [6.45, 7) is 2.55. The summed E-state index contributed by atoms with van der Waals surface area (Å²) in [7, 11) is -0.889. The maximum absolute atomic E-state index is 13.2. The van der Waals surface area contributed by atoms with Gasteiger partial charge in [0.05, 0.1) is 17.7 Å². The average molecular weight is 443 g/mol. The van der Waals surface area contributed by atoms with Gasteiger partial charge in [0.1, 0.15) is 5.75 Å². The Kier molecular flexibility index (Phi) is 9.94. The predicted molar refractivity (Wildman–Crippen MR) is 100 cm³/mol. The average Bonchev–Trinajstić information content (AvgIpc) is 2.64. The Hall–Kier alpha value is -1.48. The molecule has 0 N–H and O–H groups in total. The summed E-state index contributed by atoms with van der Waals surface area (Å²) in [5.41, 5.74) is -5.73. The quantitative estimate of drug-likeness (QED) is 0.271. The van der Waals surface area contributed by atoms with Crippen LogP contribution < -0.4 is 28.9 Å². The third-order valence-corrected chi connectivity index (χ3v) is 5.13. The minimum absolute atomic E-state index is 0. The first-order chi connectivity index (χ1) is 13.5. The molecule has 158 valence electrons. The Morgan fingerprint density at radius 1 is 0.900 bits per heavy atom.